The third-order valence-electron chi connectivity index (χ3n) is 2.73. The van der Waals surface area contributed by atoms with Crippen LogP contribution in [0.1, 0.15) is 39.0 Å². The van der Waals surface area contributed by atoms with Gasteiger partial charge in [0.15, 0.2) is 0 Å². The zero-order valence-electron chi connectivity index (χ0n) is 13.3. The maximum absolute atomic E-state index is 11.7. The molecule has 8 heteroatoms. The van der Waals surface area contributed by atoms with Crippen LogP contribution in [0.25, 0.3) is 0 Å². The van der Waals surface area contributed by atoms with Crippen molar-refractivity contribution in [1.29, 1.82) is 0 Å². The van der Waals surface area contributed by atoms with Gasteiger partial charge in [-0.3, -0.25) is 10.1 Å². The smallest absolute Gasteiger partial charge is 0.407 e. The third-order valence-corrected chi connectivity index (χ3v) is 3.77. The van der Waals surface area contributed by atoms with Gasteiger partial charge in [0.1, 0.15) is 5.60 Å². The molecule has 1 rings (SSSR count). The first-order chi connectivity index (χ1) is 10.2. The molecule has 0 aliphatic carbocycles. The molecule has 0 saturated heterocycles. The Bertz CT molecular complexity index is 510. The Labute approximate surface area is 134 Å². The van der Waals surface area contributed by atoms with Gasteiger partial charge in [-0.05, 0) is 33.3 Å². The lowest BCUT2D eigenvalue weighted by Crippen LogP contribution is -2.43. The summed E-state index contributed by atoms with van der Waals surface area (Å²) in [6.45, 7) is 8.52. The van der Waals surface area contributed by atoms with Crippen LogP contribution in [0.5, 0.6) is 0 Å². The fourth-order valence-corrected chi connectivity index (χ4v) is 2.49. The lowest BCUT2D eigenvalue weighted by Gasteiger charge is -2.23. The first kappa shape index (κ1) is 18.4. The zero-order chi connectivity index (χ0) is 16.8. The van der Waals surface area contributed by atoms with Crippen molar-refractivity contribution in [2.24, 2.45) is 0 Å². The summed E-state index contributed by atoms with van der Waals surface area (Å²) in [5, 5.41) is 16.7. The molecular formula is C14H23N3O4S. The number of hydrogen-bond acceptors (Lipinski definition) is 6. The molecule has 0 aliphatic rings. The van der Waals surface area contributed by atoms with Crippen molar-refractivity contribution in [3.63, 3.8) is 0 Å². The highest BCUT2D eigenvalue weighted by Gasteiger charge is 2.18. The van der Waals surface area contributed by atoms with Crippen molar-refractivity contribution in [1.82, 2.24) is 10.6 Å². The topological polar surface area (TPSA) is 93.5 Å². The zero-order valence-corrected chi connectivity index (χ0v) is 14.2. The molecule has 1 heterocycles. The average Bonchev–Trinajstić information content (AvgIpc) is 2.84. The Balaban J connectivity index is 2.37. The first-order valence-electron chi connectivity index (χ1n) is 7.14. The number of nitrogens with zero attached hydrogens (tertiary/aromatic N) is 1. The number of ether oxygens (including phenoxy) is 1. The van der Waals surface area contributed by atoms with E-state index in [0.717, 1.165) is 22.6 Å². The van der Waals surface area contributed by atoms with Crippen LogP contribution in [-0.4, -0.2) is 29.2 Å². The second-order valence-electron chi connectivity index (χ2n) is 5.88. The fourth-order valence-electron chi connectivity index (χ4n) is 1.70. The molecule has 0 bridgehead atoms. The molecule has 0 saturated carbocycles. The SMILES string of the molecule is CCC(CNCc1ccc([N+](=O)[O-])s1)NC(=O)OC(C)(C)C. The van der Waals surface area contributed by atoms with Crippen molar-refractivity contribution in [2.45, 2.75) is 52.3 Å². The summed E-state index contributed by atoms with van der Waals surface area (Å²) in [6, 6.07) is 3.18. The third kappa shape index (κ3) is 6.86. The van der Waals surface area contributed by atoms with Crippen molar-refractivity contribution >= 4 is 22.4 Å². The lowest BCUT2D eigenvalue weighted by atomic mass is 10.2. The molecule has 1 amide bonds. The van der Waals surface area contributed by atoms with E-state index in [9.17, 15) is 14.9 Å². The number of nitro groups is 1. The van der Waals surface area contributed by atoms with Gasteiger partial charge in [0, 0.05) is 30.1 Å². The molecule has 0 aliphatic heterocycles. The number of thiophene rings is 1. The maximum Gasteiger partial charge on any atom is 0.407 e. The molecule has 22 heavy (non-hydrogen) atoms. The quantitative estimate of drug-likeness (QED) is 0.592. The molecule has 1 atom stereocenters. The minimum Gasteiger partial charge on any atom is -0.444 e. The van der Waals surface area contributed by atoms with Crippen molar-refractivity contribution in [3.8, 4) is 0 Å². The summed E-state index contributed by atoms with van der Waals surface area (Å²) < 4.78 is 5.21. The van der Waals surface area contributed by atoms with E-state index in [1.54, 1.807) is 6.07 Å². The van der Waals surface area contributed by atoms with Gasteiger partial charge in [-0.15, -0.1) is 0 Å². The normalized spacial score (nSPS) is 12.7. The molecule has 2 N–H and O–H groups in total. The van der Waals surface area contributed by atoms with Crippen LogP contribution in [0.15, 0.2) is 12.1 Å². The van der Waals surface area contributed by atoms with Gasteiger partial charge in [0.2, 0.25) is 0 Å². The van der Waals surface area contributed by atoms with E-state index in [1.807, 2.05) is 27.7 Å². The van der Waals surface area contributed by atoms with Crippen LogP contribution < -0.4 is 10.6 Å². The predicted molar refractivity (Wildman–Crippen MR) is 86.1 cm³/mol. The second kappa shape index (κ2) is 8.09. The molecule has 0 aromatic carbocycles. The number of carbonyl (C=O) groups excluding carboxylic acids is 1. The van der Waals surface area contributed by atoms with E-state index in [0.29, 0.717) is 13.1 Å². The highest BCUT2D eigenvalue weighted by Crippen LogP contribution is 2.23. The largest absolute Gasteiger partial charge is 0.444 e. The number of carbonyl (C=O) groups is 1. The second-order valence-corrected chi connectivity index (χ2v) is 7.03. The summed E-state index contributed by atoms with van der Waals surface area (Å²) in [4.78, 5) is 22.8. The Morgan fingerprint density at radius 2 is 2.14 bits per heavy atom. The van der Waals surface area contributed by atoms with Crippen molar-refractivity contribution in [3.05, 3.63) is 27.1 Å². The number of rotatable bonds is 7. The van der Waals surface area contributed by atoms with Gasteiger partial charge in [0.05, 0.1) is 4.92 Å². The Hall–Kier alpha value is -1.67. The van der Waals surface area contributed by atoms with E-state index in [1.165, 1.54) is 6.07 Å². The maximum atomic E-state index is 11.7. The van der Waals surface area contributed by atoms with E-state index < -0.39 is 16.6 Å². The minimum absolute atomic E-state index is 0.0511. The van der Waals surface area contributed by atoms with E-state index in [2.05, 4.69) is 10.6 Å². The predicted octanol–water partition coefficient (Wildman–Crippen LogP) is 3.05. The van der Waals surface area contributed by atoms with E-state index >= 15 is 0 Å². The molecule has 0 spiro atoms. The average molecular weight is 329 g/mol. The highest BCUT2D eigenvalue weighted by atomic mass is 32.1. The number of nitrogens with one attached hydrogen (secondary N) is 2. The molecule has 1 aromatic heterocycles. The van der Waals surface area contributed by atoms with Gasteiger partial charge in [0.25, 0.3) is 0 Å². The van der Waals surface area contributed by atoms with Gasteiger partial charge in [-0.2, -0.15) is 0 Å². The van der Waals surface area contributed by atoms with Crippen LogP contribution >= 0.6 is 11.3 Å². The van der Waals surface area contributed by atoms with Crippen LogP contribution in [-0.2, 0) is 11.3 Å². The summed E-state index contributed by atoms with van der Waals surface area (Å²) >= 11 is 1.15. The fraction of sp³-hybridized carbons (Fsp3) is 0.643. The first-order valence-corrected chi connectivity index (χ1v) is 7.96. The van der Waals surface area contributed by atoms with E-state index in [4.69, 9.17) is 4.74 Å². The molecule has 124 valence electrons. The highest BCUT2D eigenvalue weighted by molar-refractivity contribution is 7.15. The van der Waals surface area contributed by atoms with E-state index in [-0.39, 0.29) is 11.0 Å². The standard InChI is InChI=1S/C14H23N3O4S/c1-5-10(16-13(18)21-14(2,3)4)8-15-9-11-6-7-12(22-11)17(19)20/h6-7,10,15H,5,8-9H2,1-4H3,(H,16,18). The molecular weight excluding hydrogens is 306 g/mol. The van der Waals surface area contributed by atoms with Crippen LogP contribution in [0.3, 0.4) is 0 Å². The molecule has 0 radical (unpaired) electrons. The lowest BCUT2D eigenvalue weighted by molar-refractivity contribution is -0.380. The molecule has 1 aromatic rings. The van der Waals surface area contributed by atoms with Gasteiger partial charge < -0.3 is 15.4 Å². The van der Waals surface area contributed by atoms with Crippen LogP contribution in [0.4, 0.5) is 9.80 Å². The molecule has 1 unspecified atom stereocenters. The van der Waals surface area contributed by atoms with Crippen molar-refractivity contribution in [2.75, 3.05) is 6.54 Å². The minimum atomic E-state index is -0.522. The summed E-state index contributed by atoms with van der Waals surface area (Å²) in [6.07, 6.45) is 0.324. The number of amides is 1. The van der Waals surface area contributed by atoms with Gasteiger partial charge in [-0.25, -0.2) is 4.79 Å². The Morgan fingerprint density at radius 1 is 1.45 bits per heavy atom. The Kier molecular flexibility index (Phi) is 6.76. The van der Waals surface area contributed by atoms with Gasteiger partial charge in [-0.1, -0.05) is 18.3 Å². The number of alkyl carbamates (subject to hydrolysis) is 1. The Morgan fingerprint density at radius 3 is 2.64 bits per heavy atom. The molecule has 0 fully saturated rings. The van der Waals surface area contributed by atoms with Crippen molar-refractivity contribution < 1.29 is 14.5 Å². The van der Waals surface area contributed by atoms with Crippen LogP contribution in [0, 0.1) is 10.1 Å². The summed E-state index contributed by atoms with van der Waals surface area (Å²) in [7, 11) is 0. The van der Waals surface area contributed by atoms with Crippen LogP contribution in [0.2, 0.25) is 0 Å². The monoisotopic (exact) mass is 329 g/mol. The number of hydrogen-bond donors (Lipinski definition) is 2. The molecule has 7 nitrogen and oxygen atoms in total. The van der Waals surface area contributed by atoms with Gasteiger partial charge >= 0.3 is 11.1 Å². The summed E-state index contributed by atoms with van der Waals surface area (Å²) in [5.74, 6) is 0. The summed E-state index contributed by atoms with van der Waals surface area (Å²) in [5.41, 5.74) is -0.522.